The minimum Gasteiger partial charge on any atom is -0.497 e. The van der Waals surface area contributed by atoms with Gasteiger partial charge in [0.2, 0.25) is 5.95 Å². The molecule has 186 valence electrons. The first-order chi connectivity index (χ1) is 17.6. The van der Waals surface area contributed by atoms with Crippen LogP contribution in [-0.4, -0.2) is 35.7 Å². The first kappa shape index (κ1) is 23.7. The van der Waals surface area contributed by atoms with Gasteiger partial charge in [-0.1, -0.05) is 37.1 Å². The number of methoxy groups -OCH3 is 2. The van der Waals surface area contributed by atoms with Crippen LogP contribution in [0.1, 0.15) is 30.4 Å². The van der Waals surface area contributed by atoms with Crippen molar-refractivity contribution in [1.29, 1.82) is 0 Å². The third-order valence-corrected chi connectivity index (χ3v) is 6.50. The number of aromatic amines is 1. The highest BCUT2D eigenvalue weighted by molar-refractivity contribution is 5.89. The summed E-state index contributed by atoms with van der Waals surface area (Å²) < 4.78 is 10.6. The number of pyridine rings is 1. The molecule has 0 amide bonds. The van der Waals surface area contributed by atoms with Crippen molar-refractivity contribution in [2.75, 3.05) is 31.0 Å². The van der Waals surface area contributed by atoms with E-state index in [2.05, 4.69) is 15.2 Å². The van der Waals surface area contributed by atoms with Crippen LogP contribution in [0.4, 0.5) is 11.8 Å². The summed E-state index contributed by atoms with van der Waals surface area (Å²) in [5, 5.41) is 3.91. The van der Waals surface area contributed by atoms with Crippen LogP contribution < -0.4 is 25.2 Å². The van der Waals surface area contributed by atoms with Crippen LogP contribution in [0.25, 0.3) is 10.9 Å². The number of ether oxygens (including phenoxy) is 2. The first-order valence-electron chi connectivity index (χ1n) is 12.3. The van der Waals surface area contributed by atoms with Crippen molar-refractivity contribution in [2.24, 2.45) is 5.92 Å². The fraction of sp³-hybridized carbons (Fsp3) is 0.321. The second-order valence-corrected chi connectivity index (χ2v) is 9.15. The van der Waals surface area contributed by atoms with E-state index >= 15 is 0 Å². The topological polar surface area (TPSA) is 92.4 Å². The fourth-order valence-corrected chi connectivity index (χ4v) is 4.25. The number of hydrogen-bond donors (Lipinski definition) is 2. The Bertz CT molecular complexity index is 1320. The molecule has 2 heterocycles. The van der Waals surface area contributed by atoms with Crippen molar-refractivity contribution in [3.63, 3.8) is 0 Å². The molecule has 5 rings (SSSR count). The molecule has 1 saturated carbocycles. The summed E-state index contributed by atoms with van der Waals surface area (Å²) in [5.74, 6) is 3.54. The molecule has 0 aliphatic heterocycles. The fourth-order valence-electron chi connectivity index (χ4n) is 4.25. The molecule has 0 unspecified atom stereocenters. The lowest BCUT2D eigenvalue weighted by Gasteiger charge is -2.24. The molecule has 0 radical (unpaired) electrons. The summed E-state index contributed by atoms with van der Waals surface area (Å²) in [6.45, 7) is 1.96. The van der Waals surface area contributed by atoms with Gasteiger partial charge in [-0.25, -0.2) is 4.98 Å². The Balaban J connectivity index is 1.51. The highest BCUT2D eigenvalue weighted by Crippen LogP contribution is 2.32. The lowest BCUT2D eigenvalue weighted by Crippen LogP contribution is -2.25. The summed E-state index contributed by atoms with van der Waals surface area (Å²) in [6.07, 6.45) is 5.28. The van der Waals surface area contributed by atoms with Crippen molar-refractivity contribution < 1.29 is 9.47 Å². The van der Waals surface area contributed by atoms with Gasteiger partial charge in [0, 0.05) is 25.8 Å². The van der Waals surface area contributed by atoms with E-state index in [-0.39, 0.29) is 5.56 Å². The number of benzene rings is 2. The molecule has 0 atom stereocenters. The van der Waals surface area contributed by atoms with Gasteiger partial charge in [0.1, 0.15) is 22.7 Å². The SMILES string of the molecule is COc1ccc(CN(Cc2ccc(OC)cc2)c2nc(NCCC3CC3)c3c(=O)[nH]ccc3n2)cc1. The molecular formula is C28H31N5O3. The number of H-pyrrole nitrogens is 1. The average Bonchev–Trinajstić information content (AvgIpc) is 3.73. The van der Waals surface area contributed by atoms with Gasteiger partial charge in [0.25, 0.3) is 5.56 Å². The highest BCUT2D eigenvalue weighted by atomic mass is 16.5. The van der Waals surface area contributed by atoms with E-state index < -0.39 is 0 Å². The number of aromatic nitrogens is 3. The van der Waals surface area contributed by atoms with Crippen molar-refractivity contribution >= 4 is 22.7 Å². The van der Waals surface area contributed by atoms with Gasteiger partial charge in [0.05, 0.1) is 19.7 Å². The van der Waals surface area contributed by atoms with Crippen LogP contribution in [0.5, 0.6) is 11.5 Å². The summed E-state index contributed by atoms with van der Waals surface area (Å²) in [4.78, 5) is 27.3. The summed E-state index contributed by atoms with van der Waals surface area (Å²) in [6, 6.07) is 17.8. The second kappa shape index (κ2) is 10.7. The normalized spacial score (nSPS) is 12.9. The van der Waals surface area contributed by atoms with Crippen LogP contribution in [0, 0.1) is 5.92 Å². The van der Waals surface area contributed by atoms with Crippen molar-refractivity contribution in [2.45, 2.75) is 32.4 Å². The standard InChI is InChI=1S/C28H31N5O3/c1-35-22-9-5-20(6-10-22)17-33(18-21-7-11-23(36-2)12-8-21)28-31-24-14-16-30-27(34)25(24)26(32-28)29-15-13-19-3-4-19/h5-12,14,16,19H,3-4,13,15,17-18H2,1-2H3,(H,30,34)(H,29,31,32). The van der Waals surface area contributed by atoms with E-state index in [0.29, 0.717) is 35.8 Å². The quantitative estimate of drug-likeness (QED) is 0.317. The number of anilines is 2. The third-order valence-electron chi connectivity index (χ3n) is 6.50. The Labute approximate surface area is 210 Å². The molecule has 2 N–H and O–H groups in total. The van der Waals surface area contributed by atoms with Gasteiger partial charge in [-0.3, -0.25) is 4.79 Å². The van der Waals surface area contributed by atoms with Crippen LogP contribution in [0.3, 0.4) is 0 Å². The smallest absolute Gasteiger partial charge is 0.261 e. The van der Waals surface area contributed by atoms with Gasteiger partial charge < -0.3 is 24.7 Å². The van der Waals surface area contributed by atoms with Crippen molar-refractivity contribution in [1.82, 2.24) is 15.0 Å². The number of hydrogen-bond acceptors (Lipinski definition) is 7. The minimum atomic E-state index is -0.190. The predicted octanol–water partition coefficient (Wildman–Crippen LogP) is 4.75. The Morgan fingerprint density at radius 1 is 0.917 bits per heavy atom. The monoisotopic (exact) mass is 485 g/mol. The lowest BCUT2D eigenvalue weighted by molar-refractivity contribution is 0.414. The molecule has 1 aliphatic carbocycles. The van der Waals surface area contributed by atoms with Crippen LogP contribution in [0.15, 0.2) is 65.6 Å². The zero-order chi connectivity index (χ0) is 24.9. The maximum absolute atomic E-state index is 12.7. The maximum Gasteiger partial charge on any atom is 0.261 e. The molecule has 1 fully saturated rings. The molecule has 1 aliphatic rings. The van der Waals surface area contributed by atoms with E-state index in [0.717, 1.165) is 41.5 Å². The molecule has 4 aromatic rings. The lowest BCUT2D eigenvalue weighted by atomic mass is 10.1. The Kier molecular flexibility index (Phi) is 7.02. The molecule has 0 bridgehead atoms. The van der Waals surface area contributed by atoms with Crippen LogP contribution >= 0.6 is 0 Å². The number of nitrogens with zero attached hydrogens (tertiary/aromatic N) is 3. The molecule has 2 aromatic heterocycles. The average molecular weight is 486 g/mol. The van der Waals surface area contributed by atoms with E-state index in [1.165, 1.54) is 12.8 Å². The van der Waals surface area contributed by atoms with E-state index in [1.807, 2.05) is 54.6 Å². The Morgan fingerprint density at radius 3 is 2.08 bits per heavy atom. The molecular weight excluding hydrogens is 454 g/mol. The van der Waals surface area contributed by atoms with Gasteiger partial charge >= 0.3 is 0 Å². The molecule has 0 spiro atoms. The largest absolute Gasteiger partial charge is 0.497 e. The summed E-state index contributed by atoms with van der Waals surface area (Å²) >= 11 is 0. The van der Waals surface area contributed by atoms with Gasteiger partial charge in [-0.05, 0) is 53.8 Å². The van der Waals surface area contributed by atoms with Gasteiger partial charge in [-0.2, -0.15) is 4.98 Å². The predicted molar refractivity (Wildman–Crippen MR) is 142 cm³/mol. The van der Waals surface area contributed by atoms with E-state index in [1.54, 1.807) is 20.4 Å². The molecule has 0 saturated heterocycles. The number of fused-ring (bicyclic) bond motifs is 1. The maximum atomic E-state index is 12.7. The van der Waals surface area contributed by atoms with Crippen molar-refractivity contribution in [3.8, 4) is 11.5 Å². The minimum absolute atomic E-state index is 0.190. The van der Waals surface area contributed by atoms with Gasteiger partial charge in [0.15, 0.2) is 0 Å². The summed E-state index contributed by atoms with van der Waals surface area (Å²) in [7, 11) is 3.32. The van der Waals surface area contributed by atoms with E-state index in [9.17, 15) is 4.79 Å². The van der Waals surface area contributed by atoms with Crippen LogP contribution in [0.2, 0.25) is 0 Å². The Morgan fingerprint density at radius 2 is 1.53 bits per heavy atom. The van der Waals surface area contributed by atoms with Crippen molar-refractivity contribution in [3.05, 3.63) is 82.3 Å². The van der Waals surface area contributed by atoms with E-state index in [4.69, 9.17) is 19.4 Å². The zero-order valence-corrected chi connectivity index (χ0v) is 20.7. The molecule has 8 nitrogen and oxygen atoms in total. The molecule has 2 aromatic carbocycles. The third kappa shape index (κ3) is 5.59. The highest BCUT2D eigenvalue weighted by Gasteiger charge is 2.21. The first-order valence-corrected chi connectivity index (χ1v) is 12.3. The molecule has 8 heteroatoms. The molecule has 36 heavy (non-hydrogen) atoms. The summed E-state index contributed by atoms with van der Waals surface area (Å²) in [5.41, 5.74) is 2.63. The van der Waals surface area contributed by atoms with Gasteiger partial charge in [-0.15, -0.1) is 0 Å². The number of nitrogens with one attached hydrogen (secondary N) is 2. The Hall–Kier alpha value is -4.07. The number of rotatable bonds is 11. The van der Waals surface area contributed by atoms with Crippen LogP contribution in [-0.2, 0) is 13.1 Å². The second-order valence-electron chi connectivity index (χ2n) is 9.15. The zero-order valence-electron chi connectivity index (χ0n) is 20.7.